The Labute approximate surface area is 132 Å². The van der Waals surface area contributed by atoms with E-state index in [0.29, 0.717) is 24.1 Å². The fraction of sp³-hybridized carbons (Fsp3) is 0.529. The minimum Gasteiger partial charge on any atom is -0.465 e. The molecule has 0 unspecified atom stereocenters. The van der Waals surface area contributed by atoms with Crippen LogP contribution in [0.3, 0.4) is 0 Å². The van der Waals surface area contributed by atoms with Crippen LogP contribution in [0.15, 0.2) is 29.3 Å². The number of nitrogens with zero attached hydrogens (tertiary/aromatic N) is 1. The van der Waals surface area contributed by atoms with Crippen LogP contribution in [0.25, 0.3) is 0 Å². The summed E-state index contributed by atoms with van der Waals surface area (Å²) in [5, 5.41) is 3.30. The molecule has 1 aromatic rings. The Bertz CT molecular complexity index is 505. The summed E-state index contributed by atoms with van der Waals surface area (Å²) in [6, 6.07) is 7.87. The summed E-state index contributed by atoms with van der Waals surface area (Å²) < 4.78 is 4.68. The van der Waals surface area contributed by atoms with Gasteiger partial charge in [-0.15, -0.1) is 0 Å². The number of carbonyl (C=O) groups excluding carboxylic acids is 1. The lowest BCUT2D eigenvalue weighted by molar-refractivity contribution is 0.0600. The van der Waals surface area contributed by atoms with E-state index in [2.05, 4.69) is 15.0 Å². The smallest absolute Gasteiger partial charge is 0.337 e. The fourth-order valence-electron chi connectivity index (χ4n) is 2.73. The first-order valence-electron chi connectivity index (χ1n) is 7.93. The van der Waals surface area contributed by atoms with Gasteiger partial charge in [0, 0.05) is 12.6 Å². The van der Waals surface area contributed by atoms with Gasteiger partial charge in [-0.05, 0) is 37.0 Å². The Hall–Kier alpha value is -2.04. The number of hydrogen-bond acceptors (Lipinski definition) is 3. The van der Waals surface area contributed by atoms with E-state index in [4.69, 9.17) is 5.73 Å². The highest BCUT2D eigenvalue weighted by Gasteiger charge is 2.13. The highest BCUT2D eigenvalue weighted by molar-refractivity contribution is 5.89. The molecule has 5 nitrogen and oxygen atoms in total. The van der Waals surface area contributed by atoms with Crippen molar-refractivity contribution in [1.29, 1.82) is 0 Å². The van der Waals surface area contributed by atoms with Gasteiger partial charge in [0.25, 0.3) is 0 Å². The van der Waals surface area contributed by atoms with Crippen LogP contribution in [0.5, 0.6) is 0 Å². The normalized spacial score (nSPS) is 16.3. The van der Waals surface area contributed by atoms with Crippen molar-refractivity contribution in [3.8, 4) is 0 Å². The third kappa shape index (κ3) is 5.06. The van der Waals surface area contributed by atoms with Crippen LogP contribution >= 0.6 is 0 Å². The number of nitrogens with two attached hydrogens (primary N) is 1. The van der Waals surface area contributed by atoms with Crippen molar-refractivity contribution in [3.05, 3.63) is 35.4 Å². The van der Waals surface area contributed by atoms with Gasteiger partial charge in [0.1, 0.15) is 0 Å². The number of nitrogens with one attached hydrogen (secondary N) is 1. The van der Waals surface area contributed by atoms with Crippen LogP contribution in [0, 0.1) is 0 Å². The molecule has 0 aromatic heterocycles. The van der Waals surface area contributed by atoms with Crippen LogP contribution in [0.1, 0.15) is 48.0 Å². The van der Waals surface area contributed by atoms with Crippen LogP contribution in [-0.2, 0) is 11.2 Å². The summed E-state index contributed by atoms with van der Waals surface area (Å²) in [6.45, 7) is 0.642. The maximum Gasteiger partial charge on any atom is 0.337 e. The molecule has 0 amide bonds. The van der Waals surface area contributed by atoms with Crippen molar-refractivity contribution in [2.75, 3.05) is 13.7 Å². The molecule has 1 aliphatic rings. The van der Waals surface area contributed by atoms with Gasteiger partial charge in [-0.2, -0.15) is 0 Å². The first-order valence-corrected chi connectivity index (χ1v) is 7.93. The maximum atomic E-state index is 11.3. The molecule has 0 atom stereocenters. The molecule has 0 spiro atoms. The third-order valence-corrected chi connectivity index (χ3v) is 4.01. The molecule has 0 aliphatic heterocycles. The molecule has 2 rings (SSSR count). The molecular formula is C17H25N3O2. The monoisotopic (exact) mass is 303 g/mol. The van der Waals surface area contributed by atoms with E-state index in [1.165, 1.54) is 39.2 Å². The minimum atomic E-state index is -0.314. The zero-order chi connectivity index (χ0) is 15.8. The largest absolute Gasteiger partial charge is 0.465 e. The van der Waals surface area contributed by atoms with Crippen LogP contribution < -0.4 is 11.1 Å². The SMILES string of the molecule is COC(=O)c1ccc(CCN=C(N)NC2CCCCC2)cc1. The summed E-state index contributed by atoms with van der Waals surface area (Å²) in [7, 11) is 1.38. The van der Waals surface area contributed by atoms with Crippen molar-refractivity contribution in [2.24, 2.45) is 10.7 Å². The second-order valence-electron chi connectivity index (χ2n) is 5.68. The number of esters is 1. The number of rotatable bonds is 5. The second kappa shape index (κ2) is 8.41. The van der Waals surface area contributed by atoms with Gasteiger partial charge >= 0.3 is 5.97 Å². The minimum absolute atomic E-state index is 0.314. The van der Waals surface area contributed by atoms with Crippen molar-refractivity contribution in [1.82, 2.24) is 5.32 Å². The van der Waals surface area contributed by atoms with Gasteiger partial charge < -0.3 is 15.8 Å². The van der Waals surface area contributed by atoms with Gasteiger partial charge in [0.2, 0.25) is 0 Å². The van der Waals surface area contributed by atoms with Crippen molar-refractivity contribution in [2.45, 2.75) is 44.6 Å². The number of aliphatic imine (C=N–C) groups is 1. The van der Waals surface area contributed by atoms with Gasteiger partial charge in [-0.25, -0.2) is 4.79 Å². The number of carbonyl (C=O) groups is 1. The molecule has 0 saturated heterocycles. The third-order valence-electron chi connectivity index (χ3n) is 4.01. The topological polar surface area (TPSA) is 76.7 Å². The predicted molar refractivity (Wildman–Crippen MR) is 88.0 cm³/mol. The highest BCUT2D eigenvalue weighted by Crippen LogP contribution is 2.17. The highest BCUT2D eigenvalue weighted by atomic mass is 16.5. The van der Waals surface area contributed by atoms with E-state index in [9.17, 15) is 4.79 Å². The lowest BCUT2D eigenvalue weighted by Crippen LogP contribution is -2.41. The summed E-state index contributed by atoms with van der Waals surface area (Å²) in [4.78, 5) is 15.7. The molecule has 0 heterocycles. The molecule has 120 valence electrons. The number of hydrogen-bond donors (Lipinski definition) is 2. The average Bonchev–Trinajstić information content (AvgIpc) is 2.55. The molecule has 1 aliphatic carbocycles. The quantitative estimate of drug-likeness (QED) is 0.497. The first-order chi connectivity index (χ1) is 10.7. The Morgan fingerprint density at radius 1 is 1.27 bits per heavy atom. The molecule has 3 N–H and O–H groups in total. The van der Waals surface area contributed by atoms with E-state index in [0.717, 1.165) is 12.0 Å². The molecule has 1 fully saturated rings. The fourth-order valence-corrected chi connectivity index (χ4v) is 2.73. The maximum absolute atomic E-state index is 11.3. The summed E-state index contributed by atoms with van der Waals surface area (Å²) in [6.07, 6.45) is 7.05. The summed E-state index contributed by atoms with van der Waals surface area (Å²) in [5.74, 6) is 0.226. The Morgan fingerprint density at radius 2 is 1.95 bits per heavy atom. The molecule has 5 heteroatoms. The van der Waals surface area contributed by atoms with Crippen molar-refractivity contribution in [3.63, 3.8) is 0 Å². The van der Waals surface area contributed by atoms with Gasteiger partial charge in [-0.1, -0.05) is 31.4 Å². The van der Waals surface area contributed by atoms with Gasteiger partial charge in [0.05, 0.1) is 12.7 Å². The van der Waals surface area contributed by atoms with Crippen LogP contribution in [0.4, 0.5) is 0 Å². The van der Waals surface area contributed by atoms with Gasteiger partial charge in [-0.3, -0.25) is 4.99 Å². The molecule has 0 bridgehead atoms. The molecular weight excluding hydrogens is 278 g/mol. The van der Waals surface area contributed by atoms with E-state index >= 15 is 0 Å². The summed E-state index contributed by atoms with van der Waals surface area (Å²) >= 11 is 0. The number of benzene rings is 1. The molecule has 22 heavy (non-hydrogen) atoms. The van der Waals surface area contributed by atoms with Crippen LogP contribution in [-0.4, -0.2) is 31.6 Å². The van der Waals surface area contributed by atoms with E-state index < -0.39 is 0 Å². The first kappa shape index (κ1) is 16.3. The Kier molecular flexibility index (Phi) is 6.25. The number of guanidine groups is 1. The molecule has 1 saturated carbocycles. The number of ether oxygens (including phenoxy) is 1. The average molecular weight is 303 g/mol. The zero-order valence-electron chi connectivity index (χ0n) is 13.2. The van der Waals surface area contributed by atoms with Crippen molar-refractivity contribution >= 4 is 11.9 Å². The van der Waals surface area contributed by atoms with E-state index in [-0.39, 0.29) is 5.97 Å². The van der Waals surface area contributed by atoms with Crippen LogP contribution in [0.2, 0.25) is 0 Å². The Balaban J connectivity index is 1.77. The zero-order valence-corrected chi connectivity index (χ0v) is 13.2. The van der Waals surface area contributed by atoms with E-state index in [1.54, 1.807) is 12.1 Å². The van der Waals surface area contributed by atoms with Gasteiger partial charge in [0.15, 0.2) is 5.96 Å². The lowest BCUT2D eigenvalue weighted by atomic mass is 9.96. The lowest BCUT2D eigenvalue weighted by Gasteiger charge is -2.23. The molecule has 0 radical (unpaired) electrons. The van der Waals surface area contributed by atoms with Crippen molar-refractivity contribution < 1.29 is 9.53 Å². The number of methoxy groups -OCH3 is 1. The Morgan fingerprint density at radius 3 is 2.59 bits per heavy atom. The van der Waals surface area contributed by atoms with E-state index in [1.807, 2.05) is 12.1 Å². The molecule has 1 aromatic carbocycles. The second-order valence-corrected chi connectivity index (χ2v) is 5.68. The summed E-state index contributed by atoms with van der Waals surface area (Å²) in [5.41, 5.74) is 7.62. The standard InChI is InChI=1S/C17H25N3O2/c1-22-16(21)14-9-7-13(8-10-14)11-12-19-17(18)20-15-5-3-2-4-6-15/h7-10,15H,2-6,11-12H2,1H3,(H3,18,19,20). The predicted octanol–water partition coefficient (Wildman–Crippen LogP) is 2.25.